The Hall–Kier alpha value is -3.51. The maximum absolute atomic E-state index is 13.2. The van der Waals surface area contributed by atoms with Crippen LogP contribution in [-0.4, -0.2) is 27.1 Å². The highest BCUT2D eigenvalue weighted by Gasteiger charge is 2.10. The largest absolute Gasteiger partial charge is 0.496 e. The standard InChI is InChI=1S/C25H22ClFO5/c1-29-22-9-5-16(12-18(22)15-32-23-11-7-19(27)14-20(23)26)4-8-21(28)17-6-10-24(30-2)25(13-17)31-3/h4-14H,15H2,1-3H3/b8-4+. The quantitative estimate of drug-likeness (QED) is 0.293. The Morgan fingerprint density at radius 2 is 1.56 bits per heavy atom. The molecule has 0 heterocycles. The lowest BCUT2D eigenvalue weighted by Gasteiger charge is -2.12. The fraction of sp³-hybridized carbons (Fsp3) is 0.160. The zero-order valence-corrected chi connectivity index (χ0v) is 18.6. The number of benzene rings is 3. The van der Waals surface area contributed by atoms with Crippen LogP contribution in [0.25, 0.3) is 6.08 Å². The number of carbonyl (C=O) groups is 1. The van der Waals surface area contributed by atoms with Gasteiger partial charge < -0.3 is 18.9 Å². The monoisotopic (exact) mass is 456 g/mol. The van der Waals surface area contributed by atoms with E-state index in [2.05, 4.69) is 0 Å². The van der Waals surface area contributed by atoms with Crippen molar-refractivity contribution >= 4 is 23.5 Å². The Labute approximate surface area is 190 Å². The molecule has 3 aromatic rings. The third-order valence-corrected chi connectivity index (χ3v) is 4.97. The number of halogens is 2. The van der Waals surface area contributed by atoms with Crippen LogP contribution in [0.2, 0.25) is 5.02 Å². The molecule has 3 rings (SSSR count). The van der Waals surface area contributed by atoms with Crippen molar-refractivity contribution in [2.75, 3.05) is 21.3 Å². The Morgan fingerprint density at radius 1 is 0.875 bits per heavy atom. The van der Waals surface area contributed by atoms with Crippen molar-refractivity contribution < 1.29 is 28.1 Å². The average molecular weight is 457 g/mol. The van der Waals surface area contributed by atoms with Crippen molar-refractivity contribution in [3.05, 3.63) is 88.2 Å². The van der Waals surface area contributed by atoms with Crippen molar-refractivity contribution in [1.29, 1.82) is 0 Å². The molecule has 0 aliphatic heterocycles. The Bertz CT molecular complexity index is 1140. The van der Waals surface area contributed by atoms with Gasteiger partial charge >= 0.3 is 0 Å². The van der Waals surface area contributed by atoms with Gasteiger partial charge in [-0.15, -0.1) is 0 Å². The summed E-state index contributed by atoms with van der Waals surface area (Å²) in [6, 6.07) is 14.4. The second-order valence-corrected chi connectivity index (χ2v) is 7.11. The van der Waals surface area contributed by atoms with Crippen LogP contribution in [0.3, 0.4) is 0 Å². The minimum absolute atomic E-state index is 0.153. The van der Waals surface area contributed by atoms with Crippen LogP contribution in [-0.2, 0) is 6.61 Å². The zero-order chi connectivity index (χ0) is 23.1. The highest BCUT2D eigenvalue weighted by atomic mass is 35.5. The van der Waals surface area contributed by atoms with E-state index in [1.165, 1.54) is 38.5 Å². The van der Waals surface area contributed by atoms with Crippen molar-refractivity contribution in [1.82, 2.24) is 0 Å². The lowest BCUT2D eigenvalue weighted by Crippen LogP contribution is -2.00. The van der Waals surface area contributed by atoms with Gasteiger partial charge in [0.05, 0.1) is 26.4 Å². The number of allylic oxidation sites excluding steroid dienone is 1. The number of hydrogen-bond donors (Lipinski definition) is 0. The summed E-state index contributed by atoms with van der Waals surface area (Å²) in [5.74, 6) is 1.39. The van der Waals surface area contributed by atoms with E-state index in [4.69, 9.17) is 30.5 Å². The molecule has 0 fully saturated rings. The summed E-state index contributed by atoms with van der Waals surface area (Å²) in [6.07, 6.45) is 3.18. The molecule has 0 amide bonds. The molecule has 5 nitrogen and oxygen atoms in total. The van der Waals surface area contributed by atoms with Crippen molar-refractivity contribution in [3.8, 4) is 23.0 Å². The molecule has 0 spiro atoms. The van der Waals surface area contributed by atoms with E-state index >= 15 is 0 Å². The van der Waals surface area contributed by atoms with Crippen LogP contribution in [0.5, 0.6) is 23.0 Å². The molecule has 0 saturated heterocycles. The second-order valence-electron chi connectivity index (χ2n) is 6.70. The Kier molecular flexibility index (Phi) is 7.73. The number of methoxy groups -OCH3 is 3. The van der Waals surface area contributed by atoms with Crippen molar-refractivity contribution in [3.63, 3.8) is 0 Å². The summed E-state index contributed by atoms with van der Waals surface area (Å²) in [7, 11) is 4.61. The maximum atomic E-state index is 13.2. The minimum Gasteiger partial charge on any atom is -0.496 e. The molecule has 0 saturated carbocycles. The molecule has 3 aromatic carbocycles. The van der Waals surface area contributed by atoms with E-state index in [-0.39, 0.29) is 17.4 Å². The van der Waals surface area contributed by atoms with Gasteiger partial charge in [-0.1, -0.05) is 23.7 Å². The molecule has 0 aromatic heterocycles. The predicted octanol–water partition coefficient (Wildman–Crippen LogP) is 5.98. The molecule has 0 atom stereocenters. The summed E-state index contributed by atoms with van der Waals surface area (Å²) in [4.78, 5) is 12.6. The van der Waals surface area contributed by atoms with Crippen LogP contribution in [0.1, 0.15) is 21.5 Å². The fourth-order valence-electron chi connectivity index (χ4n) is 3.02. The van der Waals surface area contributed by atoms with E-state index < -0.39 is 5.82 Å². The van der Waals surface area contributed by atoms with Crippen molar-refractivity contribution in [2.24, 2.45) is 0 Å². The molecular weight excluding hydrogens is 435 g/mol. The van der Waals surface area contributed by atoms with Crippen LogP contribution in [0.15, 0.2) is 60.7 Å². The topological polar surface area (TPSA) is 54.0 Å². The van der Waals surface area contributed by atoms with Gasteiger partial charge in [-0.3, -0.25) is 4.79 Å². The third kappa shape index (κ3) is 5.59. The molecule has 166 valence electrons. The lowest BCUT2D eigenvalue weighted by molar-refractivity contribution is 0.104. The molecule has 0 aliphatic rings. The first-order chi connectivity index (χ1) is 15.4. The summed E-state index contributed by atoms with van der Waals surface area (Å²) >= 11 is 6.02. The predicted molar refractivity (Wildman–Crippen MR) is 122 cm³/mol. The summed E-state index contributed by atoms with van der Waals surface area (Å²) in [6.45, 7) is 0.153. The summed E-state index contributed by atoms with van der Waals surface area (Å²) in [5, 5.41) is 0.181. The molecule has 0 radical (unpaired) electrons. The van der Waals surface area contributed by atoms with E-state index in [9.17, 15) is 9.18 Å². The highest BCUT2D eigenvalue weighted by molar-refractivity contribution is 6.32. The van der Waals surface area contributed by atoms with Crippen LogP contribution >= 0.6 is 11.6 Å². The number of hydrogen-bond acceptors (Lipinski definition) is 5. The molecule has 7 heteroatoms. The summed E-state index contributed by atoms with van der Waals surface area (Å²) in [5.41, 5.74) is 2.00. The van der Waals surface area contributed by atoms with Gasteiger partial charge in [0.15, 0.2) is 17.3 Å². The van der Waals surface area contributed by atoms with Gasteiger partial charge in [-0.05, 0) is 60.2 Å². The van der Waals surface area contributed by atoms with Gasteiger partial charge in [-0.2, -0.15) is 0 Å². The Balaban J connectivity index is 1.77. The molecule has 0 aliphatic carbocycles. The van der Waals surface area contributed by atoms with E-state index in [0.29, 0.717) is 28.6 Å². The molecule has 32 heavy (non-hydrogen) atoms. The van der Waals surface area contributed by atoms with Crippen LogP contribution in [0, 0.1) is 5.82 Å². The second kappa shape index (κ2) is 10.7. The first-order valence-corrected chi connectivity index (χ1v) is 10.0. The lowest BCUT2D eigenvalue weighted by atomic mass is 10.1. The number of carbonyl (C=O) groups excluding carboxylic acids is 1. The first-order valence-electron chi connectivity index (χ1n) is 9.64. The van der Waals surface area contributed by atoms with Crippen molar-refractivity contribution in [2.45, 2.75) is 6.61 Å². The van der Waals surface area contributed by atoms with Crippen LogP contribution in [0.4, 0.5) is 4.39 Å². The normalized spacial score (nSPS) is 10.8. The van der Waals surface area contributed by atoms with E-state index in [0.717, 1.165) is 11.1 Å². The SMILES string of the molecule is COc1ccc(/C=C/C(=O)c2ccc(OC)c(OC)c2)cc1COc1ccc(F)cc1Cl. The van der Waals surface area contributed by atoms with Crippen LogP contribution < -0.4 is 18.9 Å². The number of rotatable bonds is 9. The minimum atomic E-state index is -0.439. The molecule has 0 bridgehead atoms. The number of ether oxygens (including phenoxy) is 4. The summed E-state index contributed by atoms with van der Waals surface area (Å²) < 4.78 is 34.8. The highest BCUT2D eigenvalue weighted by Crippen LogP contribution is 2.29. The molecular formula is C25H22ClFO5. The smallest absolute Gasteiger partial charge is 0.185 e. The van der Waals surface area contributed by atoms with E-state index in [1.807, 2.05) is 12.1 Å². The average Bonchev–Trinajstić information content (AvgIpc) is 2.81. The van der Waals surface area contributed by atoms with Gasteiger partial charge in [0.1, 0.15) is 23.9 Å². The van der Waals surface area contributed by atoms with Gasteiger partial charge in [-0.25, -0.2) is 4.39 Å². The third-order valence-electron chi connectivity index (χ3n) is 4.68. The molecule has 0 N–H and O–H groups in total. The fourth-order valence-corrected chi connectivity index (χ4v) is 3.24. The molecule has 0 unspecified atom stereocenters. The number of ketones is 1. The Morgan fingerprint density at radius 3 is 2.25 bits per heavy atom. The van der Waals surface area contributed by atoms with Gasteiger partial charge in [0.25, 0.3) is 0 Å². The van der Waals surface area contributed by atoms with Gasteiger partial charge in [0.2, 0.25) is 0 Å². The first kappa shape index (κ1) is 23.2. The zero-order valence-electron chi connectivity index (χ0n) is 17.9. The van der Waals surface area contributed by atoms with Gasteiger partial charge in [0, 0.05) is 11.1 Å². The maximum Gasteiger partial charge on any atom is 0.185 e. The van der Waals surface area contributed by atoms with E-state index in [1.54, 1.807) is 37.5 Å².